The van der Waals surface area contributed by atoms with E-state index in [-0.39, 0.29) is 27.7 Å². The SMILES string of the molecule is CN(CC(O)CO)C1=NC(=O)/C(=C\c2ccc(Oc3ccc(C#N)cc3C(F)(F)F)c(F)c2)S1. The van der Waals surface area contributed by atoms with Crippen LogP contribution in [0.4, 0.5) is 17.6 Å². The Bertz CT molecular complexity index is 1210. The van der Waals surface area contributed by atoms with Gasteiger partial charge in [-0.05, 0) is 53.7 Å². The van der Waals surface area contributed by atoms with Gasteiger partial charge in [0.2, 0.25) is 0 Å². The van der Waals surface area contributed by atoms with Gasteiger partial charge in [-0.1, -0.05) is 6.07 Å². The lowest BCUT2D eigenvalue weighted by Crippen LogP contribution is -2.33. The molecule has 0 saturated heterocycles. The smallest absolute Gasteiger partial charge is 0.420 e. The van der Waals surface area contributed by atoms with Gasteiger partial charge in [-0.25, -0.2) is 4.39 Å². The first-order valence-electron chi connectivity index (χ1n) is 9.63. The van der Waals surface area contributed by atoms with Gasteiger partial charge in [0.25, 0.3) is 5.91 Å². The van der Waals surface area contributed by atoms with Crippen molar-refractivity contribution in [2.75, 3.05) is 20.2 Å². The fraction of sp³-hybridized carbons (Fsp3) is 0.227. The second-order valence-electron chi connectivity index (χ2n) is 7.14. The van der Waals surface area contributed by atoms with Gasteiger partial charge in [-0.15, -0.1) is 0 Å². The van der Waals surface area contributed by atoms with E-state index in [0.717, 1.165) is 36.0 Å². The third kappa shape index (κ3) is 5.93. The Hall–Kier alpha value is -3.40. The number of nitriles is 1. The molecule has 2 aromatic carbocycles. The molecular formula is C22H17F4N3O4S. The number of alkyl halides is 3. The highest BCUT2D eigenvalue weighted by Crippen LogP contribution is 2.39. The first-order valence-corrected chi connectivity index (χ1v) is 10.4. The molecule has 0 fully saturated rings. The van der Waals surface area contributed by atoms with E-state index in [1.54, 1.807) is 13.1 Å². The van der Waals surface area contributed by atoms with E-state index in [1.165, 1.54) is 17.0 Å². The van der Waals surface area contributed by atoms with Gasteiger partial charge in [0.05, 0.1) is 34.8 Å². The number of amidine groups is 1. The van der Waals surface area contributed by atoms with Crippen molar-refractivity contribution in [2.45, 2.75) is 12.3 Å². The molecule has 2 N–H and O–H groups in total. The molecule has 1 aliphatic heterocycles. The van der Waals surface area contributed by atoms with Gasteiger partial charge in [0, 0.05) is 13.6 Å². The van der Waals surface area contributed by atoms with E-state index in [0.29, 0.717) is 6.07 Å². The van der Waals surface area contributed by atoms with E-state index in [4.69, 9.17) is 15.1 Å². The van der Waals surface area contributed by atoms with Crippen LogP contribution in [0.1, 0.15) is 16.7 Å². The second kappa shape index (κ2) is 10.3. The highest BCUT2D eigenvalue weighted by molar-refractivity contribution is 8.18. The lowest BCUT2D eigenvalue weighted by atomic mass is 10.1. The van der Waals surface area contributed by atoms with Gasteiger partial charge in [-0.2, -0.15) is 23.4 Å². The van der Waals surface area contributed by atoms with Crippen LogP contribution in [-0.2, 0) is 11.0 Å². The third-order valence-electron chi connectivity index (χ3n) is 4.52. The van der Waals surface area contributed by atoms with E-state index in [1.807, 2.05) is 0 Å². The quantitative estimate of drug-likeness (QED) is 0.464. The van der Waals surface area contributed by atoms with Crippen molar-refractivity contribution < 1.29 is 37.3 Å². The maximum absolute atomic E-state index is 14.6. The predicted molar refractivity (Wildman–Crippen MR) is 116 cm³/mol. The van der Waals surface area contributed by atoms with Crippen LogP contribution < -0.4 is 4.74 Å². The number of likely N-dealkylation sites (N-methyl/N-ethyl adjacent to an activating group) is 1. The Morgan fingerprint density at radius 1 is 1.26 bits per heavy atom. The zero-order chi connectivity index (χ0) is 25.0. The van der Waals surface area contributed by atoms with Crippen molar-refractivity contribution in [1.82, 2.24) is 4.90 Å². The van der Waals surface area contributed by atoms with E-state index in [9.17, 15) is 27.5 Å². The predicted octanol–water partition coefficient (Wildman–Crippen LogP) is 3.76. The fourth-order valence-corrected chi connectivity index (χ4v) is 3.77. The third-order valence-corrected chi connectivity index (χ3v) is 5.62. The van der Waals surface area contributed by atoms with Crippen molar-refractivity contribution >= 4 is 28.9 Å². The topological polar surface area (TPSA) is 106 Å². The fourth-order valence-electron chi connectivity index (χ4n) is 2.88. The van der Waals surface area contributed by atoms with Crippen molar-refractivity contribution in [1.29, 1.82) is 5.26 Å². The number of aliphatic imine (C=N–C) groups is 1. The number of rotatable bonds is 6. The molecule has 0 spiro atoms. The van der Waals surface area contributed by atoms with E-state index >= 15 is 0 Å². The molecule has 178 valence electrons. The largest absolute Gasteiger partial charge is 0.454 e. The lowest BCUT2D eigenvalue weighted by Gasteiger charge is -2.19. The second-order valence-corrected chi connectivity index (χ2v) is 8.15. The Morgan fingerprint density at radius 3 is 2.59 bits per heavy atom. The Morgan fingerprint density at radius 2 is 1.97 bits per heavy atom. The van der Waals surface area contributed by atoms with Gasteiger partial charge in [0.1, 0.15) is 5.75 Å². The minimum atomic E-state index is -4.82. The minimum absolute atomic E-state index is 0.0405. The number of aliphatic hydroxyl groups excluding tert-OH is 2. The first kappa shape index (κ1) is 25.2. The summed E-state index contributed by atoms with van der Waals surface area (Å²) in [6.45, 7) is -0.418. The van der Waals surface area contributed by atoms with E-state index < -0.39 is 47.7 Å². The number of hydrogen-bond donors (Lipinski definition) is 2. The number of hydrogen-bond acceptors (Lipinski definition) is 7. The lowest BCUT2D eigenvalue weighted by molar-refractivity contribution is -0.138. The number of thioether (sulfide) groups is 1. The molecule has 1 atom stereocenters. The summed E-state index contributed by atoms with van der Waals surface area (Å²) in [6.07, 6.45) is -4.48. The first-order chi connectivity index (χ1) is 16.0. The molecule has 1 aliphatic rings. The van der Waals surface area contributed by atoms with Crippen molar-refractivity contribution in [2.24, 2.45) is 4.99 Å². The van der Waals surface area contributed by atoms with Crippen molar-refractivity contribution in [3.8, 4) is 17.6 Å². The molecule has 2 aromatic rings. The summed E-state index contributed by atoms with van der Waals surface area (Å²) in [5.74, 6) is -2.69. The van der Waals surface area contributed by atoms with Gasteiger partial charge >= 0.3 is 6.18 Å². The van der Waals surface area contributed by atoms with Crippen LogP contribution in [0.2, 0.25) is 0 Å². The highest BCUT2D eigenvalue weighted by Gasteiger charge is 2.35. The molecule has 1 unspecified atom stereocenters. The molecule has 12 heteroatoms. The zero-order valence-corrected chi connectivity index (χ0v) is 18.3. The van der Waals surface area contributed by atoms with E-state index in [2.05, 4.69) is 4.99 Å². The zero-order valence-electron chi connectivity index (χ0n) is 17.5. The number of benzene rings is 2. The molecule has 0 saturated carbocycles. The van der Waals surface area contributed by atoms with Crippen LogP contribution >= 0.6 is 11.8 Å². The Balaban J connectivity index is 1.79. The van der Waals surface area contributed by atoms with Crippen LogP contribution in [0, 0.1) is 17.1 Å². The summed E-state index contributed by atoms with van der Waals surface area (Å²) < 4.78 is 59.7. The van der Waals surface area contributed by atoms with Crippen LogP contribution in [0.15, 0.2) is 46.3 Å². The molecular weight excluding hydrogens is 478 g/mol. The summed E-state index contributed by atoms with van der Waals surface area (Å²) in [6, 6.07) is 7.75. The molecule has 3 rings (SSSR count). The Labute approximate surface area is 195 Å². The molecule has 0 bridgehead atoms. The molecule has 0 radical (unpaired) electrons. The minimum Gasteiger partial charge on any atom is -0.454 e. The number of amides is 1. The Kier molecular flexibility index (Phi) is 7.61. The average molecular weight is 495 g/mol. The molecule has 34 heavy (non-hydrogen) atoms. The van der Waals surface area contributed by atoms with Crippen molar-refractivity contribution in [3.05, 3.63) is 63.8 Å². The van der Waals surface area contributed by atoms with Crippen LogP contribution in [0.3, 0.4) is 0 Å². The van der Waals surface area contributed by atoms with Gasteiger partial charge in [-0.3, -0.25) is 4.79 Å². The van der Waals surface area contributed by atoms with Gasteiger partial charge in [0.15, 0.2) is 16.7 Å². The normalized spacial score (nSPS) is 15.8. The molecule has 0 aliphatic carbocycles. The van der Waals surface area contributed by atoms with Crippen LogP contribution in [0.5, 0.6) is 11.5 Å². The summed E-state index contributed by atoms with van der Waals surface area (Å²) in [5, 5.41) is 27.6. The van der Waals surface area contributed by atoms with Gasteiger partial charge < -0.3 is 19.8 Å². The molecule has 1 amide bonds. The number of halogens is 4. The monoisotopic (exact) mass is 495 g/mol. The molecule has 0 aromatic heterocycles. The number of nitrogens with zero attached hydrogens (tertiary/aromatic N) is 3. The number of carbonyl (C=O) groups is 1. The maximum atomic E-state index is 14.6. The number of ether oxygens (including phenoxy) is 1. The molecule has 1 heterocycles. The summed E-state index contributed by atoms with van der Waals surface area (Å²) >= 11 is 0.985. The van der Waals surface area contributed by atoms with Crippen LogP contribution in [-0.4, -0.2) is 52.5 Å². The summed E-state index contributed by atoms with van der Waals surface area (Å²) in [4.78, 5) is 17.7. The maximum Gasteiger partial charge on any atom is 0.420 e. The number of carbonyl (C=O) groups excluding carboxylic acids is 1. The average Bonchev–Trinajstić information content (AvgIpc) is 3.15. The molecule has 7 nitrogen and oxygen atoms in total. The number of aliphatic hydroxyl groups is 2. The van der Waals surface area contributed by atoms with Crippen LogP contribution in [0.25, 0.3) is 6.08 Å². The summed E-state index contributed by atoms with van der Waals surface area (Å²) in [5.41, 5.74) is -1.20. The standard InChI is InChI=1S/C22H17F4N3O4S/c1-29(10-14(31)11-30)21-28-20(32)19(34-21)8-12-2-5-18(16(23)7-12)33-17-4-3-13(9-27)6-15(17)22(24,25)26/h2-8,14,30-31H,10-11H2,1H3/b19-8+. The highest BCUT2D eigenvalue weighted by atomic mass is 32.2. The van der Waals surface area contributed by atoms with Crippen molar-refractivity contribution in [3.63, 3.8) is 0 Å². The summed E-state index contributed by atoms with van der Waals surface area (Å²) in [7, 11) is 1.57.